The molecule has 0 bridgehead atoms. The Bertz CT molecular complexity index is 391. The Balaban J connectivity index is 0. The average molecular weight is 537 g/mol. The van der Waals surface area contributed by atoms with E-state index >= 15 is 0 Å². The van der Waals surface area contributed by atoms with Gasteiger partial charge in [-0.15, -0.1) is 0 Å². The topological polar surface area (TPSA) is 98.0 Å². The van der Waals surface area contributed by atoms with Crippen molar-refractivity contribution in [1.82, 2.24) is 0 Å². The molecule has 6 heteroatoms. The van der Waals surface area contributed by atoms with Gasteiger partial charge >= 0.3 is 7.82 Å². The molecule has 5 nitrogen and oxygen atoms in total. The van der Waals surface area contributed by atoms with Crippen LogP contribution in [0.25, 0.3) is 0 Å². The zero-order chi connectivity index (χ0) is 27.0. The van der Waals surface area contributed by atoms with Crippen LogP contribution in [0.5, 0.6) is 0 Å². The maximum absolute atomic E-state index is 8.88. The van der Waals surface area contributed by atoms with E-state index in [9.17, 15) is 0 Å². The molecule has 0 aromatic heterocycles. The molecule has 0 amide bonds. The molecule has 4 N–H and O–H groups in total. The fraction of sp³-hybridized carbons (Fsp3) is 1.00. The van der Waals surface area contributed by atoms with Gasteiger partial charge in [0.1, 0.15) is 0 Å². The zero-order valence-electron chi connectivity index (χ0n) is 24.2. The van der Waals surface area contributed by atoms with E-state index < -0.39 is 7.82 Å². The second-order valence-corrected chi connectivity index (χ2v) is 11.8. The highest BCUT2D eigenvalue weighted by atomic mass is 31.2. The lowest BCUT2D eigenvalue weighted by Gasteiger charge is -2.04. The Morgan fingerprint density at radius 3 is 0.639 bits per heavy atom. The predicted octanol–water partition coefficient (Wildman–Crippen LogP) is 9.99. The summed E-state index contributed by atoms with van der Waals surface area (Å²) in [4.78, 5) is 21.6. The van der Waals surface area contributed by atoms with E-state index in [1.54, 1.807) is 0 Å². The van der Waals surface area contributed by atoms with Crippen LogP contribution in [0, 0.1) is 0 Å². The van der Waals surface area contributed by atoms with Crippen molar-refractivity contribution in [3.05, 3.63) is 0 Å². The molecule has 0 aliphatic rings. The minimum absolute atomic E-state index is 0.374. The summed E-state index contributed by atoms with van der Waals surface area (Å²) in [5.74, 6) is 0. The van der Waals surface area contributed by atoms with Crippen molar-refractivity contribution in [3.8, 4) is 0 Å². The molecule has 0 saturated carbocycles. The quantitative estimate of drug-likeness (QED) is 0.0589. The lowest BCUT2D eigenvalue weighted by molar-refractivity contribution is 0.275. The fourth-order valence-corrected chi connectivity index (χ4v) is 4.78. The average Bonchev–Trinajstić information content (AvgIpc) is 2.82. The van der Waals surface area contributed by atoms with Crippen LogP contribution in [-0.2, 0) is 4.57 Å². The highest BCUT2D eigenvalue weighted by Gasteiger charge is 2.00. The molecule has 0 radical (unpaired) electrons. The minimum Gasteiger partial charge on any atom is -0.396 e. The summed E-state index contributed by atoms with van der Waals surface area (Å²) in [5.41, 5.74) is 0. The van der Waals surface area contributed by atoms with Crippen molar-refractivity contribution in [1.29, 1.82) is 0 Å². The summed E-state index contributed by atoms with van der Waals surface area (Å²) in [6, 6.07) is 0. The monoisotopic (exact) mass is 536 g/mol. The third-order valence-electron chi connectivity index (χ3n) is 7.01. The van der Waals surface area contributed by atoms with Crippen LogP contribution in [-0.4, -0.2) is 26.4 Å². The molecule has 0 saturated heterocycles. The molecule has 0 spiro atoms. The van der Waals surface area contributed by atoms with Gasteiger partial charge in [0.15, 0.2) is 0 Å². The van der Waals surface area contributed by atoms with Crippen molar-refractivity contribution in [2.75, 3.05) is 6.61 Å². The second kappa shape index (κ2) is 33.1. The highest BCUT2D eigenvalue weighted by molar-refractivity contribution is 7.45. The molecule has 220 valence electrons. The summed E-state index contributed by atoms with van der Waals surface area (Å²) in [5, 5.41) is 8.76. The molecular formula is C30H65O5P. The van der Waals surface area contributed by atoms with Crippen LogP contribution < -0.4 is 0 Å². The third kappa shape index (κ3) is 47.3. The number of hydrogen-bond acceptors (Lipinski definition) is 2. The van der Waals surface area contributed by atoms with Gasteiger partial charge in [0.25, 0.3) is 0 Å². The molecule has 0 aliphatic heterocycles. The summed E-state index contributed by atoms with van der Waals surface area (Å²) in [6.45, 7) is 2.68. The van der Waals surface area contributed by atoms with Gasteiger partial charge in [-0.3, -0.25) is 0 Å². The van der Waals surface area contributed by atoms with Gasteiger partial charge in [-0.2, -0.15) is 0 Å². The normalized spacial score (nSPS) is 11.5. The molecule has 0 unspecified atom stereocenters. The van der Waals surface area contributed by atoms with Gasteiger partial charge in [-0.1, -0.05) is 180 Å². The molecule has 0 heterocycles. The molecule has 0 aromatic carbocycles. The summed E-state index contributed by atoms with van der Waals surface area (Å²) in [6.07, 6.45) is 40.1. The maximum Gasteiger partial charge on any atom is 0.466 e. The molecule has 0 aromatic rings. The minimum atomic E-state index is -4.64. The molecule has 0 rings (SSSR count). The van der Waals surface area contributed by atoms with Crippen molar-refractivity contribution in [2.24, 2.45) is 0 Å². The Morgan fingerprint density at radius 1 is 0.361 bits per heavy atom. The van der Waals surface area contributed by atoms with E-state index in [1.807, 2.05) is 0 Å². The van der Waals surface area contributed by atoms with Crippen LogP contribution in [0.3, 0.4) is 0 Å². The van der Waals surface area contributed by atoms with Crippen LogP contribution in [0.15, 0.2) is 0 Å². The first-order chi connectivity index (χ1) is 17.4. The highest BCUT2D eigenvalue weighted by Crippen LogP contribution is 2.25. The smallest absolute Gasteiger partial charge is 0.396 e. The second-order valence-electron chi connectivity index (χ2n) is 10.8. The van der Waals surface area contributed by atoms with E-state index in [0.29, 0.717) is 6.61 Å². The van der Waals surface area contributed by atoms with Crippen LogP contribution in [0.1, 0.15) is 187 Å². The lowest BCUT2D eigenvalue weighted by Crippen LogP contribution is -1.85. The Labute approximate surface area is 225 Å². The van der Waals surface area contributed by atoms with Gasteiger partial charge in [0.2, 0.25) is 0 Å². The molecule has 0 aliphatic carbocycles. The maximum atomic E-state index is 8.88. The molecular weight excluding hydrogens is 471 g/mol. The van der Waals surface area contributed by atoms with Gasteiger partial charge < -0.3 is 19.8 Å². The Kier molecular flexibility index (Phi) is 35.1. The van der Waals surface area contributed by atoms with Gasteiger partial charge in [-0.25, -0.2) is 4.57 Å². The summed E-state index contributed by atoms with van der Waals surface area (Å²) < 4.78 is 8.88. The van der Waals surface area contributed by atoms with E-state index in [4.69, 9.17) is 24.4 Å². The predicted molar refractivity (Wildman–Crippen MR) is 156 cm³/mol. The number of phosphoric acid groups is 1. The Hall–Kier alpha value is 0.0700. The standard InChI is InChI=1S/C30H62O.H3O4P/c1-2-3-4-5-6-7-8-9-10-11-12-13-14-15-16-17-18-19-20-21-22-23-24-25-26-27-28-29-30-31;1-5(2,3)4/h31H,2-30H2,1H3;(H3,1,2,3,4). The number of aliphatic hydroxyl groups is 1. The van der Waals surface area contributed by atoms with E-state index in [2.05, 4.69) is 6.92 Å². The van der Waals surface area contributed by atoms with E-state index in [1.165, 1.54) is 173 Å². The van der Waals surface area contributed by atoms with Crippen LogP contribution >= 0.6 is 7.82 Å². The van der Waals surface area contributed by atoms with Crippen molar-refractivity contribution >= 4 is 7.82 Å². The van der Waals surface area contributed by atoms with Gasteiger partial charge in [0, 0.05) is 6.61 Å². The van der Waals surface area contributed by atoms with E-state index in [0.717, 1.165) is 6.42 Å². The van der Waals surface area contributed by atoms with Crippen molar-refractivity contribution < 1.29 is 24.4 Å². The van der Waals surface area contributed by atoms with Crippen LogP contribution in [0.2, 0.25) is 0 Å². The molecule has 0 fully saturated rings. The van der Waals surface area contributed by atoms with Crippen molar-refractivity contribution in [2.45, 2.75) is 187 Å². The molecule has 0 atom stereocenters. The third-order valence-corrected chi connectivity index (χ3v) is 7.01. The van der Waals surface area contributed by atoms with Gasteiger partial charge in [-0.05, 0) is 6.42 Å². The summed E-state index contributed by atoms with van der Waals surface area (Å²) >= 11 is 0. The SMILES string of the molecule is CCCCCCCCCCCCCCCCCCCCCCCCCCCCCCO.O=P(O)(O)O. The first-order valence-corrected chi connectivity index (χ1v) is 17.4. The van der Waals surface area contributed by atoms with E-state index in [-0.39, 0.29) is 0 Å². The number of hydrogen-bond donors (Lipinski definition) is 4. The largest absolute Gasteiger partial charge is 0.466 e. The van der Waals surface area contributed by atoms with Crippen molar-refractivity contribution in [3.63, 3.8) is 0 Å². The fourth-order valence-electron chi connectivity index (χ4n) is 4.78. The summed E-state index contributed by atoms with van der Waals surface area (Å²) in [7, 11) is -4.64. The first-order valence-electron chi connectivity index (χ1n) is 15.8. The first kappa shape index (κ1) is 38.2. The van der Waals surface area contributed by atoms with Crippen LogP contribution in [0.4, 0.5) is 0 Å². The molecule has 36 heavy (non-hydrogen) atoms. The zero-order valence-corrected chi connectivity index (χ0v) is 25.0. The number of aliphatic hydroxyl groups excluding tert-OH is 1. The number of unbranched alkanes of at least 4 members (excludes halogenated alkanes) is 27. The van der Waals surface area contributed by atoms with Gasteiger partial charge in [0.05, 0.1) is 0 Å². The lowest BCUT2D eigenvalue weighted by atomic mass is 10.0. The number of rotatable bonds is 28. The Morgan fingerprint density at radius 2 is 0.500 bits per heavy atom.